The van der Waals surface area contributed by atoms with E-state index in [-0.39, 0.29) is 0 Å². The topological polar surface area (TPSA) is 12.5 Å². The van der Waals surface area contributed by atoms with Crippen LogP contribution in [0.25, 0.3) is 0 Å². The maximum atomic E-state index is 13.6. The molecule has 1 saturated heterocycles. The molecule has 1 heterocycles. The Balaban J connectivity index is 2.60. The highest BCUT2D eigenvalue weighted by Crippen LogP contribution is 2.31. The van der Waals surface area contributed by atoms with Crippen LogP contribution in [0.3, 0.4) is 0 Å². The summed E-state index contributed by atoms with van der Waals surface area (Å²) in [5.41, 5.74) is 0. The van der Waals surface area contributed by atoms with E-state index in [0.717, 1.165) is 11.3 Å². The second-order valence-electron chi connectivity index (χ2n) is 3.26. The van der Waals surface area contributed by atoms with Crippen LogP contribution in [0.4, 0.5) is 8.78 Å². The Morgan fingerprint density at radius 3 is 2.38 bits per heavy atom. The van der Waals surface area contributed by atoms with Crippen molar-refractivity contribution < 1.29 is 13.5 Å². The molecule has 1 rings (SSSR count). The third-order valence-corrected chi connectivity index (χ3v) is 2.50. The highest BCUT2D eigenvalue weighted by atomic mass is 19.3. The van der Waals surface area contributed by atoms with Gasteiger partial charge in [0.1, 0.15) is 6.10 Å². The van der Waals surface area contributed by atoms with Crippen LogP contribution in [0.2, 0.25) is 0 Å². The van der Waals surface area contributed by atoms with Gasteiger partial charge in [-0.2, -0.15) is 8.78 Å². The normalized spacial score (nSPS) is 24.2. The second-order valence-corrected chi connectivity index (χ2v) is 3.26. The van der Waals surface area contributed by atoms with Gasteiger partial charge in [0.15, 0.2) is 0 Å². The number of ether oxygens (including phenoxy) is 1. The van der Waals surface area contributed by atoms with Crippen LogP contribution in [-0.4, -0.2) is 36.7 Å². The molecule has 0 spiro atoms. The maximum absolute atomic E-state index is 13.6. The lowest BCUT2D eigenvalue weighted by Crippen LogP contribution is -2.49. The molecular weight excluding hydrogens is 176 g/mol. The summed E-state index contributed by atoms with van der Waals surface area (Å²) < 4.78 is 32.2. The fourth-order valence-corrected chi connectivity index (χ4v) is 1.70. The van der Waals surface area contributed by atoms with Gasteiger partial charge >= 0.3 is 6.05 Å². The highest BCUT2D eigenvalue weighted by Gasteiger charge is 2.46. The Hall–Kier alpha value is -0.220. The Bertz CT molecular complexity index is 150. The van der Waals surface area contributed by atoms with E-state index in [2.05, 4.69) is 0 Å². The van der Waals surface area contributed by atoms with Gasteiger partial charge in [0, 0.05) is 19.7 Å². The van der Waals surface area contributed by atoms with E-state index in [0.29, 0.717) is 26.1 Å². The van der Waals surface area contributed by atoms with Gasteiger partial charge in [-0.15, -0.1) is 0 Å². The van der Waals surface area contributed by atoms with Crippen LogP contribution in [0.1, 0.15) is 26.7 Å². The first-order valence-corrected chi connectivity index (χ1v) is 4.87. The number of halogens is 2. The zero-order chi connectivity index (χ0) is 9.90. The molecule has 13 heavy (non-hydrogen) atoms. The summed E-state index contributed by atoms with van der Waals surface area (Å²) in [4.78, 5) is 1.16. The molecule has 1 fully saturated rings. The summed E-state index contributed by atoms with van der Waals surface area (Å²) in [5.74, 6) is 0. The number of alkyl halides is 2. The molecule has 0 amide bonds. The van der Waals surface area contributed by atoms with Crippen LogP contribution in [0.5, 0.6) is 0 Å². The molecule has 1 aliphatic rings. The van der Waals surface area contributed by atoms with Gasteiger partial charge in [-0.05, 0) is 12.8 Å². The monoisotopic (exact) mass is 193 g/mol. The van der Waals surface area contributed by atoms with Crippen LogP contribution >= 0.6 is 0 Å². The van der Waals surface area contributed by atoms with E-state index < -0.39 is 12.2 Å². The molecule has 1 atom stereocenters. The van der Waals surface area contributed by atoms with Crippen molar-refractivity contribution in [1.29, 1.82) is 0 Å². The van der Waals surface area contributed by atoms with E-state index >= 15 is 0 Å². The summed E-state index contributed by atoms with van der Waals surface area (Å²) >= 11 is 0. The fraction of sp³-hybridized carbons (Fsp3) is 1.00. The van der Waals surface area contributed by atoms with E-state index in [9.17, 15) is 8.78 Å². The second kappa shape index (κ2) is 4.33. The number of hydrogen-bond acceptors (Lipinski definition) is 2. The third kappa shape index (κ3) is 2.17. The zero-order valence-corrected chi connectivity index (χ0v) is 8.22. The molecule has 4 heteroatoms. The Morgan fingerprint density at radius 2 is 2.00 bits per heavy atom. The summed E-state index contributed by atoms with van der Waals surface area (Å²) in [7, 11) is 0. The van der Waals surface area contributed by atoms with Crippen molar-refractivity contribution in [3.8, 4) is 0 Å². The summed E-state index contributed by atoms with van der Waals surface area (Å²) in [6.07, 6.45) is 0.331. The van der Waals surface area contributed by atoms with Crippen molar-refractivity contribution in [3.05, 3.63) is 0 Å². The third-order valence-electron chi connectivity index (χ3n) is 2.50. The first-order chi connectivity index (χ1) is 6.12. The smallest absolute Gasteiger partial charge is 0.330 e. The standard InChI is InChI=1S/C9H17F2NO/c1-3-12(4-2)9(10,11)8-6-5-7-13-8/h8H,3-7H2,1-2H3. The molecule has 0 saturated carbocycles. The SMILES string of the molecule is CCN(CC)C(F)(F)C1CCCO1. The molecule has 0 N–H and O–H groups in total. The minimum Gasteiger partial charge on any atom is -0.370 e. The lowest BCUT2D eigenvalue weighted by molar-refractivity contribution is -0.212. The molecule has 0 aliphatic carbocycles. The molecule has 1 unspecified atom stereocenters. The van der Waals surface area contributed by atoms with Crippen LogP contribution in [0, 0.1) is 0 Å². The Morgan fingerprint density at radius 1 is 1.38 bits per heavy atom. The first kappa shape index (κ1) is 10.9. The quantitative estimate of drug-likeness (QED) is 0.634. The Kier molecular flexibility index (Phi) is 3.62. The summed E-state index contributed by atoms with van der Waals surface area (Å²) in [6, 6.07) is -2.79. The minimum absolute atomic E-state index is 0.364. The average Bonchev–Trinajstić information content (AvgIpc) is 2.58. The fourth-order valence-electron chi connectivity index (χ4n) is 1.70. The molecule has 0 aromatic carbocycles. The molecule has 0 aromatic heterocycles. The Labute approximate surface area is 77.9 Å². The molecule has 2 nitrogen and oxygen atoms in total. The number of hydrogen-bond donors (Lipinski definition) is 0. The lowest BCUT2D eigenvalue weighted by Gasteiger charge is -2.32. The van der Waals surface area contributed by atoms with Crippen molar-refractivity contribution in [2.45, 2.75) is 38.8 Å². The van der Waals surface area contributed by atoms with Gasteiger partial charge in [0.05, 0.1) is 0 Å². The van der Waals surface area contributed by atoms with Gasteiger partial charge in [0.25, 0.3) is 0 Å². The van der Waals surface area contributed by atoms with Crippen LogP contribution < -0.4 is 0 Å². The summed E-state index contributed by atoms with van der Waals surface area (Å²) in [6.45, 7) is 4.69. The molecule has 1 aliphatic heterocycles. The molecular formula is C9H17F2NO. The lowest BCUT2D eigenvalue weighted by atomic mass is 10.2. The number of likely N-dealkylation sites (N-methyl/N-ethyl adjacent to an activating group) is 1. The molecule has 0 aromatic rings. The molecule has 0 bridgehead atoms. The number of nitrogens with zero attached hydrogens (tertiary/aromatic N) is 1. The van der Waals surface area contributed by atoms with Crippen molar-refractivity contribution >= 4 is 0 Å². The van der Waals surface area contributed by atoms with E-state index in [1.165, 1.54) is 0 Å². The minimum atomic E-state index is -2.79. The van der Waals surface area contributed by atoms with Gasteiger partial charge in [-0.25, -0.2) is 4.90 Å². The van der Waals surface area contributed by atoms with Crippen molar-refractivity contribution in [3.63, 3.8) is 0 Å². The van der Waals surface area contributed by atoms with E-state index in [1.807, 2.05) is 0 Å². The van der Waals surface area contributed by atoms with Gasteiger partial charge in [-0.3, -0.25) is 0 Å². The predicted octanol–water partition coefficient (Wildman–Crippen LogP) is 2.10. The summed E-state index contributed by atoms with van der Waals surface area (Å²) in [5, 5.41) is 0. The van der Waals surface area contributed by atoms with Crippen LogP contribution in [-0.2, 0) is 4.74 Å². The van der Waals surface area contributed by atoms with Crippen LogP contribution in [0.15, 0.2) is 0 Å². The van der Waals surface area contributed by atoms with Crippen molar-refractivity contribution in [1.82, 2.24) is 4.90 Å². The number of rotatable bonds is 4. The predicted molar refractivity (Wildman–Crippen MR) is 46.8 cm³/mol. The average molecular weight is 193 g/mol. The maximum Gasteiger partial charge on any atom is 0.330 e. The van der Waals surface area contributed by atoms with Gasteiger partial charge in [-0.1, -0.05) is 13.8 Å². The van der Waals surface area contributed by atoms with Gasteiger partial charge in [0.2, 0.25) is 0 Å². The first-order valence-electron chi connectivity index (χ1n) is 4.87. The van der Waals surface area contributed by atoms with Crippen molar-refractivity contribution in [2.24, 2.45) is 0 Å². The molecule has 0 radical (unpaired) electrons. The highest BCUT2D eigenvalue weighted by molar-refractivity contribution is 4.81. The van der Waals surface area contributed by atoms with E-state index in [1.54, 1.807) is 13.8 Å². The van der Waals surface area contributed by atoms with Crippen molar-refractivity contribution in [2.75, 3.05) is 19.7 Å². The zero-order valence-electron chi connectivity index (χ0n) is 8.22. The van der Waals surface area contributed by atoms with E-state index in [4.69, 9.17) is 4.74 Å². The molecule has 78 valence electrons. The largest absolute Gasteiger partial charge is 0.370 e. The van der Waals surface area contributed by atoms with Gasteiger partial charge < -0.3 is 4.74 Å².